The number of hydrogen-bond acceptors (Lipinski definition) is 6. The number of thiazole rings is 1. The van der Waals surface area contributed by atoms with Crippen LogP contribution in [0.5, 0.6) is 0 Å². The molecule has 0 N–H and O–H groups in total. The van der Waals surface area contributed by atoms with Gasteiger partial charge in [-0.2, -0.15) is 0 Å². The zero-order valence-corrected chi connectivity index (χ0v) is 18.4. The summed E-state index contributed by atoms with van der Waals surface area (Å²) in [5, 5.41) is 0.536. The number of amides is 1. The molecule has 0 aliphatic rings. The Morgan fingerprint density at radius 1 is 1.10 bits per heavy atom. The molecule has 0 spiro atoms. The average Bonchev–Trinajstić information content (AvgIpc) is 3.38. The lowest BCUT2D eigenvalue weighted by Crippen LogP contribution is -2.30. The topological polar surface area (TPSA) is 80.5 Å². The van der Waals surface area contributed by atoms with Crippen molar-refractivity contribution < 1.29 is 17.6 Å². The molecule has 6 nitrogen and oxygen atoms in total. The molecule has 1 amide bonds. The second-order valence-corrected chi connectivity index (χ2v) is 10.1. The Balaban J connectivity index is 1.82. The average molecular weight is 441 g/mol. The van der Waals surface area contributed by atoms with E-state index in [0.717, 1.165) is 27.6 Å². The third kappa shape index (κ3) is 3.88. The Kier molecular flexibility index (Phi) is 5.21. The maximum atomic E-state index is 13.5. The predicted octanol–water partition coefficient (Wildman–Crippen LogP) is 4.76. The van der Waals surface area contributed by atoms with Gasteiger partial charge in [-0.3, -0.25) is 9.69 Å². The van der Waals surface area contributed by atoms with E-state index in [0.29, 0.717) is 10.9 Å². The van der Waals surface area contributed by atoms with Crippen LogP contribution >= 0.6 is 11.3 Å². The number of anilines is 1. The maximum Gasteiger partial charge on any atom is 0.260 e. The molecule has 4 rings (SSSR count). The monoisotopic (exact) mass is 440 g/mol. The predicted molar refractivity (Wildman–Crippen MR) is 118 cm³/mol. The van der Waals surface area contributed by atoms with E-state index in [2.05, 4.69) is 0 Å². The molecular weight excluding hydrogens is 420 g/mol. The first kappa shape index (κ1) is 20.3. The molecule has 2 aromatic carbocycles. The number of fused-ring (bicyclic) bond motifs is 1. The molecular formula is C22H20N2O4S2. The number of aryl methyl sites for hydroxylation is 2. The van der Waals surface area contributed by atoms with Crippen LogP contribution in [0.15, 0.2) is 64.1 Å². The molecule has 2 heterocycles. The van der Waals surface area contributed by atoms with Crippen molar-refractivity contribution in [1.82, 2.24) is 4.98 Å². The van der Waals surface area contributed by atoms with E-state index in [1.165, 1.54) is 28.4 Å². The Hall–Kier alpha value is -2.97. The molecule has 4 aromatic rings. The third-order valence-electron chi connectivity index (χ3n) is 4.81. The second-order valence-electron chi connectivity index (χ2n) is 7.14. The van der Waals surface area contributed by atoms with Crippen molar-refractivity contribution in [3.05, 3.63) is 77.2 Å². The zero-order valence-electron chi connectivity index (χ0n) is 16.7. The summed E-state index contributed by atoms with van der Waals surface area (Å²) >= 11 is 1.43. The largest absolute Gasteiger partial charge is 0.467 e. The van der Waals surface area contributed by atoms with Gasteiger partial charge in [0.2, 0.25) is 0 Å². The summed E-state index contributed by atoms with van der Waals surface area (Å²) in [5.41, 5.74) is 3.25. The van der Waals surface area contributed by atoms with Crippen LogP contribution in [0.2, 0.25) is 0 Å². The highest BCUT2D eigenvalue weighted by molar-refractivity contribution is 7.90. The summed E-state index contributed by atoms with van der Waals surface area (Å²) in [6, 6.07) is 13.6. The first-order valence-corrected chi connectivity index (χ1v) is 12.0. The van der Waals surface area contributed by atoms with Gasteiger partial charge in [0.05, 0.1) is 27.9 Å². The maximum absolute atomic E-state index is 13.5. The minimum atomic E-state index is -3.43. The van der Waals surface area contributed by atoms with Crippen molar-refractivity contribution in [2.75, 3.05) is 11.2 Å². The fraction of sp³-hybridized carbons (Fsp3) is 0.182. The van der Waals surface area contributed by atoms with Gasteiger partial charge in [0.15, 0.2) is 15.0 Å². The van der Waals surface area contributed by atoms with E-state index in [9.17, 15) is 13.2 Å². The highest BCUT2D eigenvalue weighted by Gasteiger charge is 2.24. The van der Waals surface area contributed by atoms with E-state index < -0.39 is 9.84 Å². The highest BCUT2D eigenvalue weighted by atomic mass is 32.2. The van der Waals surface area contributed by atoms with Crippen LogP contribution in [-0.4, -0.2) is 25.6 Å². The molecule has 8 heteroatoms. The van der Waals surface area contributed by atoms with Crippen molar-refractivity contribution in [3.63, 3.8) is 0 Å². The van der Waals surface area contributed by atoms with Gasteiger partial charge in [0.1, 0.15) is 5.76 Å². The number of aromatic nitrogens is 1. The molecule has 154 valence electrons. The number of hydrogen-bond donors (Lipinski definition) is 0. The summed E-state index contributed by atoms with van der Waals surface area (Å²) in [4.78, 5) is 19.8. The van der Waals surface area contributed by atoms with Crippen molar-refractivity contribution in [1.29, 1.82) is 0 Å². The quantitative estimate of drug-likeness (QED) is 0.447. The fourth-order valence-electron chi connectivity index (χ4n) is 3.16. The molecule has 0 saturated carbocycles. The van der Waals surface area contributed by atoms with Crippen molar-refractivity contribution in [3.8, 4) is 0 Å². The van der Waals surface area contributed by atoms with E-state index >= 15 is 0 Å². The van der Waals surface area contributed by atoms with E-state index in [1.807, 2.05) is 26.0 Å². The van der Waals surface area contributed by atoms with Crippen molar-refractivity contribution >= 4 is 42.4 Å². The summed E-state index contributed by atoms with van der Waals surface area (Å²) in [6.07, 6.45) is 2.67. The molecule has 0 saturated heterocycles. The Bertz CT molecular complexity index is 1300. The third-order valence-corrected chi connectivity index (χ3v) is 7.13. The summed E-state index contributed by atoms with van der Waals surface area (Å²) in [7, 11) is -3.43. The molecule has 0 atom stereocenters. The number of carbonyl (C=O) groups is 1. The molecule has 0 radical (unpaired) electrons. The van der Waals surface area contributed by atoms with E-state index in [4.69, 9.17) is 9.40 Å². The van der Waals surface area contributed by atoms with Crippen molar-refractivity contribution in [2.45, 2.75) is 25.3 Å². The minimum absolute atomic E-state index is 0.0993. The minimum Gasteiger partial charge on any atom is -0.467 e. The van der Waals surface area contributed by atoms with Gasteiger partial charge < -0.3 is 4.42 Å². The summed E-state index contributed by atoms with van der Waals surface area (Å²) in [5.74, 6) is 0.265. The Labute approximate surface area is 178 Å². The molecule has 0 aliphatic carbocycles. The van der Waals surface area contributed by atoms with Gasteiger partial charge in [-0.05, 0) is 55.3 Å². The number of rotatable bonds is 5. The normalized spacial score (nSPS) is 11.7. The van der Waals surface area contributed by atoms with Crippen LogP contribution in [0.25, 0.3) is 10.2 Å². The van der Waals surface area contributed by atoms with Crippen LogP contribution in [-0.2, 0) is 16.4 Å². The summed E-state index contributed by atoms with van der Waals surface area (Å²) < 4.78 is 30.4. The zero-order chi connectivity index (χ0) is 21.5. The van der Waals surface area contributed by atoms with Crippen LogP contribution in [0, 0.1) is 13.8 Å². The summed E-state index contributed by atoms with van der Waals surface area (Å²) in [6.45, 7) is 4.18. The smallest absolute Gasteiger partial charge is 0.260 e. The first-order chi connectivity index (χ1) is 14.2. The standard InChI is InChI=1S/C22H20N2O4S2/c1-14-9-10-15(2)20-19(14)23-22(29-20)24(13-17-7-5-11-28-17)21(25)16-6-4-8-18(12-16)30(3,26)27/h4-12H,13H2,1-3H3. The molecule has 2 aromatic heterocycles. The molecule has 0 unspecified atom stereocenters. The SMILES string of the molecule is Cc1ccc(C)c2sc(N(Cc3ccco3)C(=O)c3cccc(S(C)(=O)=O)c3)nc12. The fourth-order valence-corrected chi connectivity index (χ4v) is 4.94. The van der Waals surface area contributed by atoms with Crippen LogP contribution in [0.4, 0.5) is 5.13 Å². The number of sulfone groups is 1. The van der Waals surface area contributed by atoms with Gasteiger partial charge in [0.25, 0.3) is 5.91 Å². The van der Waals surface area contributed by atoms with Gasteiger partial charge in [0, 0.05) is 11.8 Å². The van der Waals surface area contributed by atoms with Gasteiger partial charge in [-0.25, -0.2) is 13.4 Å². The van der Waals surface area contributed by atoms with Crippen LogP contribution in [0.3, 0.4) is 0 Å². The highest BCUT2D eigenvalue weighted by Crippen LogP contribution is 2.34. The lowest BCUT2D eigenvalue weighted by Gasteiger charge is -2.19. The van der Waals surface area contributed by atoms with Gasteiger partial charge in [-0.15, -0.1) is 0 Å². The number of carbonyl (C=O) groups excluding carboxylic acids is 1. The lowest BCUT2D eigenvalue weighted by atomic mass is 10.1. The van der Waals surface area contributed by atoms with E-state index in [-0.39, 0.29) is 22.9 Å². The Morgan fingerprint density at radius 3 is 2.53 bits per heavy atom. The molecule has 0 bridgehead atoms. The van der Waals surface area contributed by atoms with Crippen molar-refractivity contribution in [2.24, 2.45) is 0 Å². The molecule has 30 heavy (non-hydrogen) atoms. The molecule has 0 aliphatic heterocycles. The lowest BCUT2D eigenvalue weighted by molar-refractivity contribution is 0.0983. The van der Waals surface area contributed by atoms with Gasteiger partial charge >= 0.3 is 0 Å². The number of nitrogens with zero attached hydrogens (tertiary/aromatic N) is 2. The number of benzene rings is 2. The van der Waals surface area contributed by atoms with E-state index in [1.54, 1.807) is 30.5 Å². The van der Waals surface area contributed by atoms with Crippen LogP contribution < -0.4 is 4.90 Å². The number of furan rings is 1. The second kappa shape index (κ2) is 7.70. The first-order valence-electron chi connectivity index (χ1n) is 9.25. The van der Waals surface area contributed by atoms with Crippen LogP contribution in [0.1, 0.15) is 27.2 Å². The Morgan fingerprint density at radius 2 is 1.87 bits per heavy atom. The van der Waals surface area contributed by atoms with Gasteiger partial charge in [-0.1, -0.05) is 29.5 Å². The molecule has 0 fully saturated rings.